The van der Waals surface area contributed by atoms with E-state index in [0.29, 0.717) is 6.17 Å². The van der Waals surface area contributed by atoms with E-state index in [2.05, 4.69) is 20.2 Å². The number of piperidine rings is 2. The second kappa shape index (κ2) is 6.33. The maximum Gasteiger partial charge on any atom is 0.0761 e. The van der Waals surface area contributed by atoms with Gasteiger partial charge in [-0.2, -0.15) is 0 Å². The van der Waals surface area contributed by atoms with Gasteiger partial charge in [0, 0.05) is 45.8 Å². The van der Waals surface area contributed by atoms with Crippen LogP contribution in [0, 0.1) is 0 Å². The summed E-state index contributed by atoms with van der Waals surface area (Å²) < 4.78 is 0. The van der Waals surface area contributed by atoms with Gasteiger partial charge in [-0.15, -0.1) is 0 Å². The maximum atomic E-state index is 3.47. The van der Waals surface area contributed by atoms with E-state index < -0.39 is 0 Å². The van der Waals surface area contributed by atoms with Gasteiger partial charge in [0.05, 0.1) is 6.17 Å². The van der Waals surface area contributed by atoms with Crippen LogP contribution in [0.2, 0.25) is 0 Å². The molecule has 18 heavy (non-hydrogen) atoms. The van der Waals surface area contributed by atoms with Crippen LogP contribution in [0.4, 0.5) is 0 Å². The molecule has 4 heteroatoms. The quantitative estimate of drug-likeness (QED) is 0.794. The third-order valence-corrected chi connectivity index (χ3v) is 4.71. The second-order valence-corrected chi connectivity index (χ2v) is 5.94. The Morgan fingerprint density at radius 2 is 1.44 bits per heavy atom. The van der Waals surface area contributed by atoms with Crippen LogP contribution in [-0.4, -0.2) is 66.9 Å². The van der Waals surface area contributed by atoms with E-state index in [9.17, 15) is 0 Å². The first-order valence-electron chi connectivity index (χ1n) is 7.91. The largest absolute Gasteiger partial charge is 0.314 e. The number of hydrogen-bond donors (Lipinski definition) is 1. The molecule has 1 unspecified atom stereocenters. The van der Waals surface area contributed by atoms with Crippen LogP contribution in [0.1, 0.15) is 38.5 Å². The molecule has 3 aliphatic heterocycles. The first-order chi connectivity index (χ1) is 8.95. The van der Waals surface area contributed by atoms with E-state index in [-0.39, 0.29) is 0 Å². The number of hydrogen-bond acceptors (Lipinski definition) is 4. The molecule has 3 saturated heterocycles. The molecule has 0 aromatic carbocycles. The van der Waals surface area contributed by atoms with Crippen molar-refractivity contribution in [2.75, 3.05) is 45.8 Å². The Hall–Kier alpha value is -0.160. The standard InChI is InChI=1S/C14H28N4/c1-3-9-17(10-4-1)18-11-5-2-6-14(18)16-12-7-15-8-13-16/h14-15H,1-13H2. The average Bonchev–Trinajstić information content (AvgIpc) is 2.49. The molecule has 0 amide bonds. The fourth-order valence-electron chi connectivity index (χ4n) is 3.71. The molecule has 0 saturated carbocycles. The summed E-state index contributed by atoms with van der Waals surface area (Å²) in [6, 6.07) is 0. The fourth-order valence-corrected chi connectivity index (χ4v) is 3.71. The second-order valence-electron chi connectivity index (χ2n) is 5.94. The Bertz CT molecular complexity index is 220. The third kappa shape index (κ3) is 2.87. The minimum atomic E-state index is 0.693. The molecule has 0 radical (unpaired) electrons. The van der Waals surface area contributed by atoms with E-state index >= 15 is 0 Å². The lowest BCUT2D eigenvalue weighted by Crippen LogP contribution is -2.61. The lowest BCUT2D eigenvalue weighted by Gasteiger charge is -2.49. The average molecular weight is 252 g/mol. The van der Waals surface area contributed by atoms with Crippen molar-refractivity contribution in [1.29, 1.82) is 0 Å². The van der Waals surface area contributed by atoms with Crippen LogP contribution in [0.5, 0.6) is 0 Å². The number of rotatable bonds is 2. The van der Waals surface area contributed by atoms with E-state index in [1.54, 1.807) is 0 Å². The molecule has 3 aliphatic rings. The summed E-state index contributed by atoms with van der Waals surface area (Å²) in [7, 11) is 0. The third-order valence-electron chi connectivity index (χ3n) is 4.71. The van der Waals surface area contributed by atoms with Gasteiger partial charge in [0.15, 0.2) is 0 Å². The molecule has 0 aromatic heterocycles. The Balaban J connectivity index is 1.64. The fraction of sp³-hybridized carbons (Fsp3) is 1.00. The molecule has 3 heterocycles. The van der Waals surface area contributed by atoms with Crippen molar-refractivity contribution in [3.8, 4) is 0 Å². The molecule has 3 fully saturated rings. The van der Waals surface area contributed by atoms with Gasteiger partial charge in [-0.1, -0.05) is 6.42 Å². The maximum absolute atomic E-state index is 3.47. The van der Waals surface area contributed by atoms with Crippen molar-refractivity contribution in [2.45, 2.75) is 44.7 Å². The molecule has 4 nitrogen and oxygen atoms in total. The number of nitrogens with one attached hydrogen (secondary N) is 1. The van der Waals surface area contributed by atoms with Crippen LogP contribution in [-0.2, 0) is 0 Å². The van der Waals surface area contributed by atoms with Crippen molar-refractivity contribution in [3.63, 3.8) is 0 Å². The smallest absolute Gasteiger partial charge is 0.0761 e. The summed E-state index contributed by atoms with van der Waals surface area (Å²) in [5.74, 6) is 0. The topological polar surface area (TPSA) is 21.8 Å². The molecule has 0 aliphatic carbocycles. The summed E-state index contributed by atoms with van der Waals surface area (Å²) in [6.45, 7) is 8.68. The predicted octanol–water partition coefficient (Wildman–Crippen LogP) is 1.10. The molecular formula is C14H28N4. The normalized spacial score (nSPS) is 33.7. The first kappa shape index (κ1) is 12.9. The van der Waals surface area contributed by atoms with Gasteiger partial charge in [-0.25, -0.2) is 10.0 Å². The lowest BCUT2D eigenvalue weighted by molar-refractivity contribution is -0.140. The molecule has 0 bridgehead atoms. The SMILES string of the molecule is C1CCN(N2CCCCC2N2CCNCC2)CC1. The van der Waals surface area contributed by atoms with E-state index in [1.165, 1.54) is 84.3 Å². The number of nitrogens with zero attached hydrogens (tertiary/aromatic N) is 3. The van der Waals surface area contributed by atoms with Crippen molar-refractivity contribution >= 4 is 0 Å². The molecular weight excluding hydrogens is 224 g/mol. The van der Waals surface area contributed by atoms with Gasteiger partial charge in [-0.05, 0) is 32.1 Å². The van der Waals surface area contributed by atoms with Crippen LogP contribution in [0.15, 0.2) is 0 Å². The van der Waals surface area contributed by atoms with Crippen molar-refractivity contribution in [3.05, 3.63) is 0 Å². The van der Waals surface area contributed by atoms with Crippen LogP contribution in [0.3, 0.4) is 0 Å². The highest BCUT2D eigenvalue weighted by Crippen LogP contribution is 2.24. The van der Waals surface area contributed by atoms with Crippen LogP contribution in [0.25, 0.3) is 0 Å². The van der Waals surface area contributed by atoms with Crippen molar-refractivity contribution in [1.82, 2.24) is 20.2 Å². The molecule has 1 atom stereocenters. The summed E-state index contributed by atoms with van der Waals surface area (Å²) in [4.78, 5) is 2.71. The van der Waals surface area contributed by atoms with Gasteiger partial charge in [0.2, 0.25) is 0 Å². The Morgan fingerprint density at radius 1 is 0.722 bits per heavy atom. The summed E-state index contributed by atoms with van der Waals surface area (Å²) >= 11 is 0. The minimum Gasteiger partial charge on any atom is -0.314 e. The zero-order valence-electron chi connectivity index (χ0n) is 11.6. The Labute approximate surface area is 111 Å². The highest BCUT2D eigenvalue weighted by atomic mass is 15.7. The zero-order valence-corrected chi connectivity index (χ0v) is 11.6. The van der Waals surface area contributed by atoms with E-state index in [1.807, 2.05) is 0 Å². The van der Waals surface area contributed by atoms with Gasteiger partial charge in [-0.3, -0.25) is 4.90 Å². The molecule has 104 valence electrons. The lowest BCUT2D eigenvalue weighted by atomic mass is 10.1. The molecule has 0 aromatic rings. The first-order valence-corrected chi connectivity index (χ1v) is 7.91. The molecule has 1 N–H and O–H groups in total. The predicted molar refractivity (Wildman–Crippen MR) is 74.2 cm³/mol. The minimum absolute atomic E-state index is 0.693. The van der Waals surface area contributed by atoms with Crippen LogP contribution < -0.4 is 5.32 Å². The number of hydrazine groups is 1. The summed E-state index contributed by atoms with van der Waals surface area (Å²) in [6.07, 6.45) is 9.09. The van der Waals surface area contributed by atoms with Gasteiger partial charge in [0.25, 0.3) is 0 Å². The van der Waals surface area contributed by atoms with Gasteiger partial charge in [0.1, 0.15) is 0 Å². The molecule has 3 rings (SSSR count). The summed E-state index contributed by atoms with van der Waals surface area (Å²) in [5, 5.41) is 8.85. The zero-order chi connectivity index (χ0) is 12.2. The van der Waals surface area contributed by atoms with E-state index in [4.69, 9.17) is 0 Å². The van der Waals surface area contributed by atoms with E-state index in [0.717, 1.165) is 0 Å². The number of piperazine rings is 1. The highest BCUT2D eigenvalue weighted by Gasteiger charge is 2.32. The van der Waals surface area contributed by atoms with Crippen molar-refractivity contribution < 1.29 is 0 Å². The summed E-state index contributed by atoms with van der Waals surface area (Å²) in [5.41, 5.74) is 0. The Kier molecular flexibility index (Phi) is 4.52. The monoisotopic (exact) mass is 252 g/mol. The molecule has 0 spiro atoms. The highest BCUT2D eigenvalue weighted by molar-refractivity contribution is 4.81. The Morgan fingerprint density at radius 3 is 2.22 bits per heavy atom. The van der Waals surface area contributed by atoms with Gasteiger partial charge >= 0.3 is 0 Å². The van der Waals surface area contributed by atoms with Crippen molar-refractivity contribution in [2.24, 2.45) is 0 Å². The van der Waals surface area contributed by atoms with Crippen LogP contribution >= 0.6 is 0 Å². The van der Waals surface area contributed by atoms with Gasteiger partial charge < -0.3 is 5.32 Å².